The van der Waals surface area contributed by atoms with Crippen LogP contribution in [0.5, 0.6) is 0 Å². The van der Waals surface area contributed by atoms with Crippen molar-refractivity contribution in [1.29, 1.82) is 0 Å². The minimum Gasteiger partial charge on any atom is -0.385 e. The van der Waals surface area contributed by atoms with Gasteiger partial charge in [0.05, 0.1) is 0 Å². The summed E-state index contributed by atoms with van der Waals surface area (Å²) in [6.07, 6.45) is -4.01. The molecule has 0 saturated carbocycles. The summed E-state index contributed by atoms with van der Waals surface area (Å²) in [6.45, 7) is 2.25. The first-order chi connectivity index (χ1) is 11.2. The van der Waals surface area contributed by atoms with Crippen molar-refractivity contribution in [3.05, 3.63) is 29.6 Å². The van der Waals surface area contributed by atoms with E-state index in [0.29, 0.717) is 13.0 Å². The van der Waals surface area contributed by atoms with Crippen molar-refractivity contribution in [2.45, 2.75) is 25.3 Å². The number of aliphatic imine (C=N–C) groups is 2. The van der Waals surface area contributed by atoms with Crippen molar-refractivity contribution in [2.24, 2.45) is 27.4 Å². The predicted octanol–water partition coefficient (Wildman–Crippen LogP) is 1.05. The second-order valence-electron chi connectivity index (χ2n) is 5.45. The van der Waals surface area contributed by atoms with Crippen LogP contribution in [0.2, 0.25) is 0 Å². The number of nitrogens with one attached hydrogen (secondary N) is 1. The maximum absolute atomic E-state index is 12.8. The molecule has 10 heteroatoms. The van der Waals surface area contributed by atoms with Gasteiger partial charge in [-0.3, -0.25) is 5.73 Å². The van der Waals surface area contributed by atoms with Gasteiger partial charge in [-0.1, -0.05) is 13.0 Å². The summed E-state index contributed by atoms with van der Waals surface area (Å²) in [5.41, 5.74) is 10.9. The van der Waals surface area contributed by atoms with Crippen LogP contribution in [0.3, 0.4) is 0 Å². The van der Waals surface area contributed by atoms with Gasteiger partial charge < -0.3 is 15.8 Å². The van der Waals surface area contributed by atoms with Gasteiger partial charge >= 0.3 is 6.18 Å². The molecule has 1 aliphatic heterocycles. The lowest BCUT2D eigenvalue weighted by atomic mass is 10.00. The first-order valence-electron chi connectivity index (χ1n) is 7.20. The molecule has 0 bridgehead atoms. The minimum atomic E-state index is -4.56. The number of nitrogens with zero attached hydrogens (tertiary/aromatic N) is 3. The third-order valence-corrected chi connectivity index (χ3v) is 3.60. The summed E-state index contributed by atoms with van der Waals surface area (Å²) < 4.78 is 43.5. The number of pyridine rings is 1. The van der Waals surface area contributed by atoms with Crippen LogP contribution in [0.15, 0.2) is 28.2 Å². The van der Waals surface area contributed by atoms with E-state index in [1.165, 1.54) is 12.1 Å². The van der Waals surface area contributed by atoms with Gasteiger partial charge in [0.2, 0.25) is 5.79 Å². The van der Waals surface area contributed by atoms with E-state index in [-0.39, 0.29) is 23.4 Å². The van der Waals surface area contributed by atoms with Crippen LogP contribution in [0.4, 0.5) is 13.2 Å². The Morgan fingerprint density at radius 2 is 2.04 bits per heavy atom. The number of ether oxygens (including phenoxy) is 1. The van der Waals surface area contributed by atoms with E-state index in [4.69, 9.17) is 16.2 Å². The van der Waals surface area contributed by atoms with Gasteiger partial charge in [-0.2, -0.15) is 13.2 Å². The van der Waals surface area contributed by atoms with E-state index >= 15 is 0 Å². The molecule has 0 amide bonds. The number of halogens is 3. The van der Waals surface area contributed by atoms with Gasteiger partial charge in [-0.05, 0) is 18.6 Å². The summed E-state index contributed by atoms with van der Waals surface area (Å²) in [5, 5.41) is 2.61. The highest BCUT2D eigenvalue weighted by molar-refractivity contribution is 6.08. The van der Waals surface area contributed by atoms with E-state index in [2.05, 4.69) is 20.3 Å². The number of alkyl halides is 3. The molecule has 0 aliphatic carbocycles. The number of hydrogen-bond acceptors (Lipinski definition) is 7. The fraction of sp³-hybridized carbons (Fsp3) is 0.500. The van der Waals surface area contributed by atoms with Crippen LogP contribution >= 0.6 is 0 Å². The molecule has 2 rings (SSSR count). The molecule has 0 spiro atoms. The van der Waals surface area contributed by atoms with E-state index in [0.717, 1.165) is 6.07 Å². The van der Waals surface area contributed by atoms with Crippen LogP contribution in [0, 0.1) is 5.92 Å². The number of amidine groups is 1. The maximum Gasteiger partial charge on any atom is 0.433 e. The zero-order valence-corrected chi connectivity index (χ0v) is 13.3. The van der Waals surface area contributed by atoms with Crippen molar-refractivity contribution < 1.29 is 17.9 Å². The zero-order chi connectivity index (χ0) is 18.0. The Balaban J connectivity index is 2.37. The van der Waals surface area contributed by atoms with E-state index < -0.39 is 17.7 Å². The molecule has 1 aliphatic rings. The normalized spacial score (nSPS) is 22.4. The number of aromatic nitrogens is 1. The smallest absolute Gasteiger partial charge is 0.385 e. The molecule has 0 fully saturated rings. The Hall–Kier alpha value is -2.20. The van der Waals surface area contributed by atoms with Crippen molar-refractivity contribution in [2.75, 3.05) is 13.7 Å². The van der Waals surface area contributed by atoms with E-state index in [9.17, 15) is 13.2 Å². The molecule has 2 atom stereocenters. The lowest BCUT2D eigenvalue weighted by molar-refractivity contribution is -0.141. The molecule has 0 saturated heterocycles. The molecule has 1 aromatic heterocycles. The summed E-state index contributed by atoms with van der Waals surface area (Å²) in [6, 6.07) is 3.50. The van der Waals surface area contributed by atoms with E-state index in [1.54, 1.807) is 7.11 Å². The zero-order valence-electron chi connectivity index (χ0n) is 13.3. The van der Waals surface area contributed by atoms with Crippen LogP contribution in [-0.4, -0.2) is 36.3 Å². The van der Waals surface area contributed by atoms with Crippen molar-refractivity contribution in [3.63, 3.8) is 0 Å². The molecular formula is C14H19F3N6O. The molecule has 2 heterocycles. The number of nitrogens with two attached hydrogens (primary N) is 2. The molecular weight excluding hydrogens is 325 g/mol. The van der Waals surface area contributed by atoms with Crippen LogP contribution in [-0.2, 0) is 10.9 Å². The number of rotatable bonds is 5. The largest absolute Gasteiger partial charge is 0.433 e. The monoisotopic (exact) mass is 344 g/mol. The highest BCUT2D eigenvalue weighted by Crippen LogP contribution is 2.28. The second kappa shape index (κ2) is 6.73. The lowest BCUT2D eigenvalue weighted by Crippen LogP contribution is -2.53. The summed E-state index contributed by atoms with van der Waals surface area (Å²) >= 11 is 0. The Labute approximate surface area is 137 Å². The van der Waals surface area contributed by atoms with Gasteiger partial charge in [0.1, 0.15) is 11.4 Å². The molecule has 0 radical (unpaired) electrons. The Bertz CT molecular complexity index is 660. The molecule has 132 valence electrons. The highest BCUT2D eigenvalue weighted by Gasteiger charge is 2.36. The molecule has 1 aromatic rings. The van der Waals surface area contributed by atoms with Gasteiger partial charge in [0.15, 0.2) is 11.8 Å². The highest BCUT2D eigenvalue weighted by atomic mass is 19.4. The summed E-state index contributed by atoms with van der Waals surface area (Å²) in [4.78, 5) is 11.9. The predicted molar refractivity (Wildman–Crippen MR) is 83.1 cm³/mol. The number of methoxy groups -OCH3 is 1. The van der Waals surface area contributed by atoms with Gasteiger partial charge in [0.25, 0.3) is 0 Å². The maximum atomic E-state index is 12.8. The van der Waals surface area contributed by atoms with Crippen molar-refractivity contribution in [1.82, 2.24) is 10.3 Å². The Morgan fingerprint density at radius 1 is 1.33 bits per heavy atom. The molecule has 7 nitrogen and oxygen atoms in total. The fourth-order valence-electron chi connectivity index (χ4n) is 2.15. The Kier molecular flexibility index (Phi) is 5.09. The average Bonchev–Trinajstić information content (AvgIpc) is 2.51. The average molecular weight is 344 g/mol. The minimum absolute atomic E-state index is 0.0172. The summed E-state index contributed by atoms with van der Waals surface area (Å²) in [5.74, 6) is -1.65. The number of hydrogen-bond donors (Lipinski definition) is 3. The van der Waals surface area contributed by atoms with Crippen LogP contribution in [0.1, 0.15) is 24.7 Å². The fourth-order valence-corrected chi connectivity index (χ4v) is 2.15. The van der Waals surface area contributed by atoms with Gasteiger partial charge in [0, 0.05) is 19.6 Å². The first-order valence-corrected chi connectivity index (χ1v) is 7.20. The van der Waals surface area contributed by atoms with Gasteiger partial charge in [-0.15, -0.1) is 0 Å². The van der Waals surface area contributed by atoms with Crippen molar-refractivity contribution in [3.8, 4) is 0 Å². The van der Waals surface area contributed by atoms with E-state index in [1.807, 2.05) is 6.92 Å². The quantitative estimate of drug-likeness (QED) is 0.739. The molecule has 2 unspecified atom stereocenters. The van der Waals surface area contributed by atoms with Gasteiger partial charge in [-0.25, -0.2) is 15.0 Å². The SMILES string of the molecule is COCCC(C)C1(N)N=C(N)NC(c2cccc(C(F)(F)F)n2)=N1. The summed E-state index contributed by atoms with van der Waals surface area (Å²) in [7, 11) is 1.55. The molecule has 5 N–H and O–H groups in total. The second-order valence-corrected chi connectivity index (χ2v) is 5.45. The molecule has 24 heavy (non-hydrogen) atoms. The van der Waals surface area contributed by atoms with Crippen LogP contribution < -0.4 is 16.8 Å². The third-order valence-electron chi connectivity index (χ3n) is 3.60. The first kappa shape index (κ1) is 18.1. The Morgan fingerprint density at radius 3 is 2.67 bits per heavy atom. The standard InChI is InChI=1S/C14H19F3N6O/c1-8(6-7-24-2)14(19)22-11(21-12(18)23-14)9-4-3-5-10(20-9)13(15,16)17/h3-5,8H,6-7,19H2,1-2H3,(H3,18,21,22,23). The van der Waals surface area contributed by atoms with Crippen molar-refractivity contribution >= 4 is 11.8 Å². The lowest BCUT2D eigenvalue weighted by Gasteiger charge is -2.32. The number of guanidine groups is 1. The van der Waals surface area contributed by atoms with Crippen LogP contribution in [0.25, 0.3) is 0 Å². The topological polar surface area (TPSA) is 111 Å². The third kappa shape index (κ3) is 4.01. The molecule has 0 aromatic carbocycles.